The van der Waals surface area contributed by atoms with Gasteiger partial charge in [0.1, 0.15) is 11.5 Å². The van der Waals surface area contributed by atoms with Crippen LogP contribution >= 0.6 is 0 Å². The van der Waals surface area contributed by atoms with Gasteiger partial charge in [-0.15, -0.1) is 0 Å². The number of benzene rings is 1. The van der Waals surface area contributed by atoms with Crippen molar-refractivity contribution >= 4 is 5.97 Å². The summed E-state index contributed by atoms with van der Waals surface area (Å²) in [6.07, 6.45) is -0.213. The van der Waals surface area contributed by atoms with Gasteiger partial charge in [0.05, 0.1) is 11.5 Å². The van der Waals surface area contributed by atoms with E-state index < -0.39 is 5.41 Å². The number of esters is 1. The van der Waals surface area contributed by atoms with Gasteiger partial charge >= 0.3 is 5.97 Å². The van der Waals surface area contributed by atoms with Crippen LogP contribution in [0.5, 0.6) is 11.5 Å². The molecule has 0 spiro atoms. The Morgan fingerprint density at radius 1 is 1.00 bits per heavy atom. The predicted molar refractivity (Wildman–Crippen MR) is 77.8 cm³/mol. The molecule has 0 radical (unpaired) electrons. The molecule has 1 unspecified atom stereocenters. The van der Waals surface area contributed by atoms with Crippen LogP contribution in [0.4, 0.5) is 0 Å². The van der Waals surface area contributed by atoms with Crippen LogP contribution in [0.3, 0.4) is 0 Å². The lowest BCUT2D eigenvalue weighted by Gasteiger charge is -2.18. The monoisotopic (exact) mass is 280 g/mol. The van der Waals surface area contributed by atoms with E-state index in [1.165, 1.54) is 0 Å². The van der Waals surface area contributed by atoms with E-state index in [1.807, 2.05) is 41.5 Å². The molecule has 0 aliphatic carbocycles. The minimum absolute atomic E-state index is 0.108. The Morgan fingerprint density at radius 2 is 1.50 bits per heavy atom. The molecular weight excluding hydrogens is 256 g/mol. The van der Waals surface area contributed by atoms with Crippen molar-refractivity contribution in [3.05, 3.63) is 24.3 Å². The SMILES string of the molecule is CC(C)OC(C)Oc1ccc(OC(=O)C(C)(C)C)cc1. The van der Waals surface area contributed by atoms with Gasteiger partial charge in [-0.3, -0.25) is 4.79 Å². The topological polar surface area (TPSA) is 44.8 Å². The Labute approximate surface area is 121 Å². The first-order valence-electron chi connectivity index (χ1n) is 6.83. The smallest absolute Gasteiger partial charge is 0.316 e. The van der Waals surface area contributed by atoms with E-state index in [2.05, 4.69) is 0 Å². The first-order chi connectivity index (χ1) is 9.18. The molecule has 4 heteroatoms. The first kappa shape index (κ1) is 16.5. The van der Waals surface area contributed by atoms with Crippen LogP contribution in [0.2, 0.25) is 0 Å². The molecule has 0 saturated carbocycles. The van der Waals surface area contributed by atoms with Gasteiger partial charge in [0, 0.05) is 0 Å². The van der Waals surface area contributed by atoms with Crippen molar-refractivity contribution < 1.29 is 19.0 Å². The van der Waals surface area contributed by atoms with E-state index in [0.29, 0.717) is 11.5 Å². The van der Waals surface area contributed by atoms with E-state index in [0.717, 1.165) is 0 Å². The van der Waals surface area contributed by atoms with Gasteiger partial charge in [0.2, 0.25) is 0 Å². The van der Waals surface area contributed by atoms with Crippen LogP contribution in [0, 0.1) is 5.41 Å². The lowest BCUT2D eigenvalue weighted by Crippen LogP contribution is -2.25. The summed E-state index contributed by atoms with van der Waals surface area (Å²) in [6, 6.07) is 6.93. The molecule has 1 atom stereocenters. The Bertz CT molecular complexity index is 429. The highest BCUT2D eigenvalue weighted by molar-refractivity contribution is 5.77. The van der Waals surface area contributed by atoms with Crippen molar-refractivity contribution in [3.63, 3.8) is 0 Å². The number of carbonyl (C=O) groups is 1. The number of rotatable bonds is 5. The zero-order chi connectivity index (χ0) is 15.3. The van der Waals surface area contributed by atoms with Gasteiger partial charge in [0.25, 0.3) is 0 Å². The maximum absolute atomic E-state index is 11.7. The first-order valence-corrected chi connectivity index (χ1v) is 6.83. The second-order valence-corrected chi connectivity index (χ2v) is 5.98. The minimum atomic E-state index is -0.519. The molecule has 1 aromatic rings. The largest absolute Gasteiger partial charge is 0.465 e. The van der Waals surface area contributed by atoms with Crippen LogP contribution < -0.4 is 9.47 Å². The molecule has 0 amide bonds. The number of carbonyl (C=O) groups excluding carboxylic acids is 1. The fourth-order valence-corrected chi connectivity index (χ4v) is 1.45. The lowest BCUT2D eigenvalue weighted by atomic mass is 9.97. The van der Waals surface area contributed by atoms with E-state index in [4.69, 9.17) is 14.2 Å². The zero-order valence-corrected chi connectivity index (χ0v) is 13.1. The average Bonchev–Trinajstić information content (AvgIpc) is 2.29. The zero-order valence-electron chi connectivity index (χ0n) is 13.1. The van der Waals surface area contributed by atoms with E-state index in [1.54, 1.807) is 24.3 Å². The summed E-state index contributed by atoms with van der Waals surface area (Å²) in [5.74, 6) is 0.922. The molecule has 112 valence electrons. The molecular formula is C16H24O4. The third kappa shape index (κ3) is 5.61. The molecule has 0 aliphatic rings. The van der Waals surface area contributed by atoms with Crippen LogP contribution in [-0.2, 0) is 9.53 Å². The molecule has 1 rings (SSSR count). The van der Waals surface area contributed by atoms with Crippen molar-refractivity contribution in [2.24, 2.45) is 5.41 Å². The summed E-state index contributed by atoms with van der Waals surface area (Å²) in [5, 5.41) is 0. The number of ether oxygens (including phenoxy) is 3. The Balaban J connectivity index is 2.59. The predicted octanol–water partition coefficient (Wildman–Crippen LogP) is 3.79. The lowest BCUT2D eigenvalue weighted by molar-refractivity contribution is -0.143. The molecule has 0 fully saturated rings. The molecule has 0 aromatic heterocycles. The van der Waals surface area contributed by atoms with E-state index in [9.17, 15) is 4.79 Å². The maximum atomic E-state index is 11.7. The fourth-order valence-electron chi connectivity index (χ4n) is 1.45. The molecule has 4 nitrogen and oxygen atoms in total. The van der Waals surface area contributed by atoms with Gasteiger partial charge in [0.15, 0.2) is 6.29 Å². The summed E-state index contributed by atoms with van der Waals surface area (Å²) in [4.78, 5) is 11.7. The normalized spacial score (nSPS) is 13.2. The second-order valence-electron chi connectivity index (χ2n) is 5.98. The molecule has 20 heavy (non-hydrogen) atoms. The molecule has 1 aromatic carbocycles. The molecule has 0 bridgehead atoms. The van der Waals surface area contributed by atoms with Crippen LogP contribution in [-0.4, -0.2) is 18.4 Å². The summed E-state index contributed by atoms with van der Waals surface area (Å²) < 4.78 is 16.4. The molecule has 0 aliphatic heterocycles. The van der Waals surface area contributed by atoms with Crippen molar-refractivity contribution in [2.75, 3.05) is 0 Å². The quantitative estimate of drug-likeness (QED) is 0.467. The highest BCUT2D eigenvalue weighted by atomic mass is 16.7. The van der Waals surface area contributed by atoms with Crippen molar-refractivity contribution in [3.8, 4) is 11.5 Å². The Hall–Kier alpha value is -1.55. The third-order valence-corrected chi connectivity index (χ3v) is 2.41. The second kappa shape index (κ2) is 6.75. The highest BCUT2D eigenvalue weighted by Gasteiger charge is 2.23. The third-order valence-electron chi connectivity index (χ3n) is 2.41. The van der Waals surface area contributed by atoms with Gasteiger partial charge in [-0.1, -0.05) is 0 Å². The van der Waals surface area contributed by atoms with Gasteiger partial charge < -0.3 is 14.2 Å². The van der Waals surface area contributed by atoms with Crippen molar-refractivity contribution in [2.45, 2.75) is 53.9 Å². The van der Waals surface area contributed by atoms with E-state index in [-0.39, 0.29) is 18.4 Å². The van der Waals surface area contributed by atoms with Crippen LogP contribution in [0.15, 0.2) is 24.3 Å². The molecule has 0 heterocycles. The fraction of sp³-hybridized carbons (Fsp3) is 0.562. The standard InChI is InChI=1S/C16H24O4/c1-11(2)18-12(3)19-13-7-9-14(10-8-13)20-15(17)16(4,5)6/h7-12H,1-6H3. The molecule has 0 N–H and O–H groups in total. The minimum Gasteiger partial charge on any atom is -0.465 e. The summed E-state index contributed by atoms with van der Waals surface area (Å²) in [5.41, 5.74) is -0.519. The molecule has 0 saturated heterocycles. The summed E-state index contributed by atoms with van der Waals surface area (Å²) in [6.45, 7) is 11.2. The van der Waals surface area contributed by atoms with Crippen LogP contribution in [0.1, 0.15) is 41.5 Å². The summed E-state index contributed by atoms with van der Waals surface area (Å²) in [7, 11) is 0. The van der Waals surface area contributed by atoms with Gasteiger partial charge in [-0.05, 0) is 65.8 Å². The van der Waals surface area contributed by atoms with Gasteiger partial charge in [-0.25, -0.2) is 0 Å². The number of hydrogen-bond donors (Lipinski definition) is 0. The Kier molecular flexibility index (Phi) is 5.57. The number of hydrogen-bond acceptors (Lipinski definition) is 4. The van der Waals surface area contributed by atoms with E-state index >= 15 is 0 Å². The summed E-state index contributed by atoms with van der Waals surface area (Å²) >= 11 is 0. The van der Waals surface area contributed by atoms with Crippen molar-refractivity contribution in [1.29, 1.82) is 0 Å². The Morgan fingerprint density at radius 3 is 1.95 bits per heavy atom. The average molecular weight is 280 g/mol. The van der Waals surface area contributed by atoms with Crippen LogP contribution in [0.25, 0.3) is 0 Å². The van der Waals surface area contributed by atoms with Gasteiger partial charge in [-0.2, -0.15) is 0 Å². The maximum Gasteiger partial charge on any atom is 0.316 e. The highest BCUT2D eigenvalue weighted by Crippen LogP contribution is 2.22. The van der Waals surface area contributed by atoms with Crippen molar-refractivity contribution in [1.82, 2.24) is 0 Å².